The molecule has 0 radical (unpaired) electrons. The van der Waals surface area contributed by atoms with E-state index in [4.69, 9.17) is 25.2 Å². The van der Waals surface area contributed by atoms with Crippen LogP contribution in [0.25, 0.3) is 44.6 Å². The Morgan fingerprint density at radius 3 is 1.76 bits per heavy atom. The second-order valence-corrected chi connectivity index (χ2v) is 14.8. The molecule has 6 aromatic rings. The summed E-state index contributed by atoms with van der Waals surface area (Å²) in [7, 11) is 0. The molecule has 0 aliphatic carbocycles. The molecular weight excluding hydrogens is 775 g/mol. The molecule has 14 nitrogen and oxygen atoms in total. The number of hydrogen-bond acceptors (Lipinski definition) is 10. The lowest BCUT2D eigenvalue weighted by Gasteiger charge is -2.24. The Morgan fingerprint density at radius 1 is 0.729 bits per heavy atom. The summed E-state index contributed by atoms with van der Waals surface area (Å²) in [5.41, 5.74) is 16.0. The van der Waals surface area contributed by atoms with Crippen LogP contribution in [0.1, 0.15) is 76.6 Å². The molecule has 4 aliphatic rings. The van der Waals surface area contributed by atoms with Gasteiger partial charge in [0.25, 0.3) is 11.8 Å². The van der Waals surface area contributed by atoms with Crippen LogP contribution in [0.3, 0.4) is 0 Å². The van der Waals surface area contributed by atoms with Gasteiger partial charge in [0.1, 0.15) is 16.9 Å². The molecule has 2 atom stereocenters. The van der Waals surface area contributed by atoms with Crippen molar-refractivity contribution in [2.24, 2.45) is 5.73 Å². The predicted octanol–water partition coefficient (Wildman–Crippen LogP) is 6.35. The number of para-hydroxylation sites is 2. The Morgan fingerprint density at radius 2 is 1.27 bits per heavy atom. The average molecular weight is 827 g/mol. The van der Waals surface area contributed by atoms with Crippen LogP contribution in [0.15, 0.2) is 48.5 Å². The predicted molar refractivity (Wildman–Crippen MR) is 230 cm³/mol. The summed E-state index contributed by atoms with van der Waals surface area (Å²) in [6.45, 7) is 8.05. The van der Waals surface area contributed by atoms with Gasteiger partial charge in [-0.15, -0.1) is 12.4 Å². The largest absolute Gasteiger partial charge is 0.380 e. The van der Waals surface area contributed by atoms with Crippen LogP contribution in [0.5, 0.6) is 0 Å². The maximum absolute atomic E-state index is 13.8. The first-order valence-electron chi connectivity index (χ1n) is 19.6. The van der Waals surface area contributed by atoms with Crippen molar-refractivity contribution in [3.05, 3.63) is 88.4 Å². The van der Waals surface area contributed by atoms with Gasteiger partial charge in [0.15, 0.2) is 0 Å². The summed E-state index contributed by atoms with van der Waals surface area (Å²) in [5, 5.41) is 9.21. The highest BCUT2D eigenvalue weighted by Gasteiger charge is 2.23. The molecule has 0 bridgehead atoms. The number of rotatable bonds is 4. The van der Waals surface area contributed by atoms with Crippen molar-refractivity contribution in [1.29, 1.82) is 0 Å². The number of halogens is 2. The first-order chi connectivity index (χ1) is 27.7. The molecule has 312 valence electrons. The van der Waals surface area contributed by atoms with E-state index in [-0.39, 0.29) is 43.4 Å². The summed E-state index contributed by atoms with van der Waals surface area (Å²) in [6.07, 6.45) is 5.97. The molecule has 59 heavy (non-hydrogen) atoms. The third-order valence-electron chi connectivity index (χ3n) is 10.6. The van der Waals surface area contributed by atoms with Crippen LogP contribution in [0.2, 0.25) is 0 Å². The van der Waals surface area contributed by atoms with Gasteiger partial charge in [-0.05, 0) is 63.8 Å². The zero-order chi connectivity index (χ0) is 39.5. The number of carbonyl (C=O) groups excluding carboxylic acids is 2. The quantitative estimate of drug-likeness (QED) is 0.117. The molecule has 0 saturated carbocycles. The van der Waals surface area contributed by atoms with Crippen LogP contribution in [-0.4, -0.2) is 93.3 Å². The Hall–Kier alpha value is -5.48. The molecule has 4 aliphatic heterocycles. The van der Waals surface area contributed by atoms with E-state index >= 15 is 0 Å². The van der Waals surface area contributed by atoms with Crippen molar-refractivity contribution in [3.63, 3.8) is 0 Å². The summed E-state index contributed by atoms with van der Waals surface area (Å²) in [6, 6.07) is 15.8. The van der Waals surface area contributed by atoms with Gasteiger partial charge >= 0.3 is 0 Å². The molecule has 2 amide bonds. The van der Waals surface area contributed by atoms with Crippen molar-refractivity contribution >= 4 is 52.1 Å². The van der Waals surface area contributed by atoms with Crippen molar-refractivity contribution in [3.8, 4) is 22.5 Å². The van der Waals surface area contributed by atoms with Crippen molar-refractivity contribution in [2.75, 3.05) is 44.8 Å². The van der Waals surface area contributed by atoms with Gasteiger partial charge in [0.05, 0.1) is 52.8 Å². The SMILES string of the molecule is C.Cc1nc2cccc(-c3cc4c([nH]3)CCNC4=O)c2nc1F.Cc1nc2cccc(-c3cc4c([nH]3)CCNC4=O)c2nc1NC1CCCOC1.Cl.NC1CCCOC1. The molecule has 8 heterocycles. The van der Waals surface area contributed by atoms with E-state index in [9.17, 15) is 14.0 Å². The van der Waals surface area contributed by atoms with E-state index in [1.165, 1.54) is 0 Å². The Balaban J connectivity index is 0.000000168. The normalized spacial score (nSPS) is 18.3. The van der Waals surface area contributed by atoms with Gasteiger partial charge in [-0.3, -0.25) is 9.59 Å². The molecule has 2 saturated heterocycles. The lowest BCUT2D eigenvalue weighted by molar-refractivity contribution is 0.0822. The van der Waals surface area contributed by atoms with Crippen molar-refractivity contribution in [2.45, 2.75) is 71.9 Å². The molecular formula is C43H52ClFN10O4. The first-order valence-corrected chi connectivity index (χ1v) is 19.6. The zero-order valence-corrected chi connectivity index (χ0v) is 33.4. The number of H-pyrrole nitrogens is 2. The van der Waals surface area contributed by atoms with Gasteiger partial charge in [0, 0.05) is 79.1 Å². The van der Waals surface area contributed by atoms with Crippen LogP contribution < -0.4 is 21.7 Å². The third kappa shape index (κ3) is 9.54. The van der Waals surface area contributed by atoms with Gasteiger partial charge in [-0.25, -0.2) is 19.9 Å². The second kappa shape index (κ2) is 19.1. The Kier molecular flexibility index (Phi) is 13.9. The fourth-order valence-electron chi connectivity index (χ4n) is 7.57. The van der Waals surface area contributed by atoms with Crippen LogP contribution in [0, 0.1) is 19.8 Å². The van der Waals surface area contributed by atoms with Crippen molar-refractivity contribution < 1.29 is 23.5 Å². The van der Waals surface area contributed by atoms with Gasteiger partial charge in [-0.1, -0.05) is 31.7 Å². The molecule has 16 heteroatoms. The summed E-state index contributed by atoms with van der Waals surface area (Å²) in [5.74, 6) is 0.112. The lowest BCUT2D eigenvalue weighted by atomic mass is 10.1. The number of amides is 2. The Labute approximate surface area is 348 Å². The topological polar surface area (TPSA) is 198 Å². The monoisotopic (exact) mass is 826 g/mol. The fourth-order valence-corrected chi connectivity index (χ4v) is 7.57. The molecule has 10 rings (SSSR count). The zero-order valence-electron chi connectivity index (χ0n) is 32.5. The molecule has 0 spiro atoms. The number of fused-ring (bicyclic) bond motifs is 4. The van der Waals surface area contributed by atoms with Crippen LogP contribution >= 0.6 is 12.4 Å². The fraction of sp³-hybridized carbons (Fsp3) is 0.395. The summed E-state index contributed by atoms with van der Waals surface area (Å²) < 4.78 is 24.4. The van der Waals surface area contributed by atoms with Gasteiger partial charge < -0.3 is 41.1 Å². The number of nitrogens with two attached hydrogens (primary N) is 1. The number of ether oxygens (including phenoxy) is 2. The maximum atomic E-state index is 13.8. The summed E-state index contributed by atoms with van der Waals surface area (Å²) in [4.78, 5) is 48.6. The van der Waals surface area contributed by atoms with E-state index in [1.807, 2.05) is 43.3 Å². The number of nitrogens with zero attached hydrogens (tertiary/aromatic N) is 4. The van der Waals surface area contributed by atoms with Crippen LogP contribution in [-0.2, 0) is 22.3 Å². The third-order valence-corrected chi connectivity index (χ3v) is 10.6. The van der Waals surface area contributed by atoms with E-state index in [2.05, 4.69) is 35.9 Å². The minimum Gasteiger partial charge on any atom is -0.380 e. The van der Waals surface area contributed by atoms with E-state index in [0.29, 0.717) is 42.3 Å². The summed E-state index contributed by atoms with van der Waals surface area (Å²) >= 11 is 0. The highest BCUT2D eigenvalue weighted by molar-refractivity contribution is 6.00. The number of benzene rings is 2. The van der Waals surface area contributed by atoms with Crippen molar-refractivity contribution in [1.82, 2.24) is 40.5 Å². The molecule has 7 N–H and O–H groups in total. The van der Waals surface area contributed by atoms with E-state index in [1.54, 1.807) is 19.1 Å². The van der Waals surface area contributed by atoms with Gasteiger partial charge in [0.2, 0.25) is 5.95 Å². The highest BCUT2D eigenvalue weighted by Crippen LogP contribution is 2.32. The highest BCUT2D eigenvalue weighted by atomic mass is 35.5. The smallest absolute Gasteiger partial charge is 0.253 e. The number of aryl methyl sites for hydroxylation is 2. The molecule has 4 aromatic heterocycles. The number of aromatic nitrogens is 6. The first kappa shape index (κ1) is 43.1. The number of aromatic amines is 2. The number of nitrogens with one attached hydrogen (secondary N) is 5. The van der Waals surface area contributed by atoms with Gasteiger partial charge in [-0.2, -0.15) is 4.39 Å². The number of carbonyl (C=O) groups is 2. The van der Waals surface area contributed by atoms with Crippen LogP contribution in [0.4, 0.5) is 10.2 Å². The number of hydrogen-bond donors (Lipinski definition) is 6. The average Bonchev–Trinajstić information content (AvgIpc) is 3.86. The molecule has 2 unspecified atom stereocenters. The maximum Gasteiger partial charge on any atom is 0.253 e. The minimum absolute atomic E-state index is 0. The molecule has 2 aromatic carbocycles. The minimum atomic E-state index is -0.575. The lowest BCUT2D eigenvalue weighted by Crippen LogP contribution is -2.31. The second-order valence-electron chi connectivity index (χ2n) is 14.8. The number of anilines is 1. The Bertz CT molecular complexity index is 2440. The van der Waals surface area contributed by atoms with E-state index in [0.717, 1.165) is 120 Å². The standard InChI is InChI=1S/C21H23N5O2.C16H13FN4O.C5H11NO.CH4.ClH/c1-12-20(24-13-4-3-9-28-11-13)26-19-14(5-2-6-17(19)23-12)18-10-15-16(25-18)7-8-22-21(15)27;1-8-15(17)21-14-9(3-2-4-12(14)19-8)13-7-10-11(20-13)5-6-18-16(10)22;6-5-2-1-3-7-4-5;;/h2,5-6,10,13,25H,3-4,7-9,11H2,1H3,(H,22,27)(H,24,26);2-4,7,20H,5-6H2,1H3,(H,18,22);5H,1-4,6H2;1H4;1H. The molecule has 2 fully saturated rings. The van der Waals surface area contributed by atoms with E-state index < -0.39 is 5.95 Å².